The number of benzene rings is 2. The van der Waals surface area contributed by atoms with Gasteiger partial charge in [-0.15, -0.1) is 0 Å². The van der Waals surface area contributed by atoms with Crippen molar-refractivity contribution in [1.82, 2.24) is 9.97 Å². The van der Waals surface area contributed by atoms with Crippen molar-refractivity contribution < 1.29 is 4.79 Å². The first kappa shape index (κ1) is 16.6. The number of hydrogen-bond donors (Lipinski definition) is 2. The van der Waals surface area contributed by atoms with E-state index in [4.69, 9.17) is 5.73 Å². The van der Waals surface area contributed by atoms with E-state index in [2.05, 4.69) is 47.1 Å². The molecule has 0 bridgehead atoms. The lowest BCUT2D eigenvalue weighted by Gasteiger charge is -2.11. The highest BCUT2D eigenvalue weighted by Crippen LogP contribution is 2.27. The summed E-state index contributed by atoms with van der Waals surface area (Å²) in [5.74, 6) is -0.0315. The van der Waals surface area contributed by atoms with Gasteiger partial charge in [-0.25, -0.2) is 9.97 Å². The third kappa shape index (κ3) is 3.80. The second-order valence-electron chi connectivity index (χ2n) is 4.96. The van der Waals surface area contributed by atoms with Gasteiger partial charge >= 0.3 is 0 Å². The molecule has 120 valence electrons. The van der Waals surface area contributed by atoms with E-state index in [9.17, 15) is 4.79 Å². The van der Waals surface area contributed by atoms with Gasteiger partial charge in [-0.3, -0.25) is 4.79 Å². The zero-order valence-corrected chi connectivity index (χ0v) is 15.5. The van der Waals surface area contributed by atoms with E-state index in [1.165, 1.54) is 0 Å². The van der Waals surface area contributed by atoms with Crippen LogP contribution in [-0.4, -0.2) is 15.9 Å². The van der Waals surface area contributed by atoms with Crippen LogP contribution in [0.2, 0.25) is 0 Å². The summed E-state index contributed by atoms with van der Waals surface area (Å²) in [7, 11) is 0. The van der Waals surface area contributed by atoms with E-state index in [1.54, 1.807) is 24.4 Å². The number of rotatable bonds is 3. The number of halogens is 2. The SMILES string of the molecule is Nc1nccc(-c2ccccc2NC(=O)c2cc(Br)cc(Br)c2)n1. The average Bonchev–Trinajstić information content (AvgIpc) is 2.54. The van der Waals surface area contributed by atoms with Gasteiger partial charge in [0.2, 0.25) is 5.95 Å². The zero-order chi connectivity index (χ0) is 17.1. The van der Waals surface area contributed by atoms with Crippen molar-refractivity contribution in [2.45, 2.75) is 0 Å². The van der Waals surface area contributed by atoms with Crippen LogP contribution >= 0.6 is 31.9 Å². The highest BCUT2D eigenvalue weighted by molar-refractivity contribution is 9.11. The number of nitrogens with zero attached hydrogens (tertiary/aromatic N) is 2. The van der Waals surface area contributed by atoms with E-state index >= 15 is 0 Å². The molecule has 2 aromatic carbocycles. The Hall–Kier alpha value is -2.25. The van der Waals surface area contributed by atoms with Crippen LogP contribution in [0.1, 0.15) is 10.4 Å². The van der Waals surface area contributed by atoms with Crippen LogP contribution in [0.5, 0.6) is 0 Å². The Bertz CT molecular complexity index is 894. The molecule has 0 unspecified atom stereocenters. The zero-order valence-electron chi connectivity index (χ0n) is 12.3. The number of nitrogens with two attached hydrogens (primary N) is 1. The fourth-order valence-electron chi connectivity index (χ4n) is 2.22. The lowest BCUT2D eigenvalue weighted by Crippen LogP contribution is -2.13. The number of carbonyl (C=O) groups excluding carboxylic acids is 1. The molecule has 3 N–H and O–H groups in total. The summed E-state index contributed by atoms with van der Waals surface area (Å²) < 4.78 is 1.64. The van der Waals surface area contributed by atoms with Crippen LogP contribution in [0.4, 0.5) is 11.6 Å². The van der Waals surface area contributed by atoms with E-state index in [0.29, 0.717) is 16.9 Å². The summed E-state index contributed by atoms with van der Waals surface area (Å²) in [5, 5.41) is 2.92. The fourth-order valence-corrected chi connectivity index (χ4v) is 3.51. The van der Waals surface area contributed by atoms with E-state index in [-0.39, 0.29) is 11.9 Å². The van der Waals surface area contributed by atoms with Gasteiger partial charge in [0.1, 0.15) is 0 Å². The molecule has 0 aliphatic carbocycles. The number of nitrogen functional groups attached to an aromatic ring is 1. The average molecular weight is 448 g/mol. The first-order chi connectivity index (χ1) is 11.5. The summed E-state index contributed by atoms with van der Waals surface area (Å²) in [6.07, 6.45) is 1.59. The Morgan fingerprint density at radius 2 is 1.75 bits per heavy atom. The maximum absolute atomic E-state index is 12.6. The largest absolute Gasteiger partial charge is 0.368 e. The first-order valence-corrected chi connectivity index (χ1v) is 8.57. The highest BCUT2D eigenvalue weighted by atomic mass is 79.9. The number of amides is 1. The van der Waals surface area contributed by atoms with Gasteiger partial charge in [-0.2, -0.15) is 0 Å². The van der Waals surface area contributed by atoms with Crippen molar-refractivity contribution in [3.63, 3.8) is 0 Å². The lowest BCUT2D eigenvalue weighted by atomic mass is 10.1. The molecule has 24 heavy (non-hydrogen) atoms. The maximum atomic E-state index is 12.6. The summed E-state index contributed by atoms with van der Waals surface area (Å²) in [5.41, 5.74) is 8.26. The first-order valence-electron chi connectivity index (χ1n) is 6.98. The van der Waals surface area contributed by atoms with Gasteiger partial charge in [-0.1, -0.05) is 50.1 Å². The quantitative estimate of drug-likeness (QED) is 0.619. The fraction of sp³-hybridized carbons (Fsp3) is 0. The summed E-state index contributed by atoms with van der Waals surface area (Å²) >= 11 is 6.77. The minimum Gasteiger partial charge on any atom is -0.368 e. The van der Waals surface area contributed by atoms with Gasteiger partial charge in [-0.05, 0) is 30.3 Å². The molecule has 5 nitrogen and oxygen atoms in total. The maximum Gasteiger partial charge on any atom is 0.255 e. The van der Waals surface area contributed by atoms with Crippen molar-refractivity contribution in [3.05, 3.63) is 69.2 Å². The lowest BCUT2D eigenvalue weighted by molar-refractivity contribution is 0.102. The van der Waals surface area contributed by atoms with Crippen molar-refractivity contribution in [2.75, 3.05) is 11.1 Å². The normalized spacial score (nSPS) is 10.4. The van der Waals surface area contributed by atoms with Crippen molar-refractivity contribution in [3.8, 4) is 11.3 Å². The van der Waals surface area contributed by atoms with Crippen LogP contribution in [0.25, 0.3) is 11.3 Å². The van der Waals surface area contributed by atoms with E-state index < -0.39 is 0 Å². The molecule has 0 atom stereocenters. The Balaban J connectivity index is 1.95. The highest BCUT2D eigenvalue weighted by Gasteiger charge is 2.12. The van der Waals surface area contributed by atoms with Crippen LogP contribution in [0.3, 0.4) is 0 Å². The number of hydrogen-bond acceptors (Lipinski definition) is 4. The number of anilines is 2. The van der Waals surface area contributed by atoms with Crippen LogP contribution in [0.15, 0.2) is 63.7 Å². The molecule has 0 fully saturated rings. The van der Waals surface area contributed by atoms with E-state index in [1.807, 2.05) is 30.3 Å². The van der Waals surface area contributed by atoms with Gasteiger partial charge in [0, 0.05) is 26.3 Å². The summed E-state index contributed by atoms with van der Waals surface area (Å²) in [4.78, 5) is 20.7. The standard InChI is InChI=1S/C17H12Br2N4O/c18-11-7-10(8-12(19)9-11)16(24)22-14-4-2-1-3-13(14)15-5-6-21-17(20)23-15/h1-9H,(H,22,24)(H2,20,21,23). The third-order valence-corrected chi connectivity index (χ3v) is 4.17. The molecule has 3 aromatic rings. The molecule has 0 spiro atoms. The Kier molecular flexibility index (Phi) is 4.92. The number of aromatic nitrogens is 2. The molecular formula is C17H12Br2N4O. The van der Waals surface area contributed by atoms with Gasteiger partial charge in [0.15, 0.2) is 0 Å². The predicted octanol–water partition coefficient (Wildman–Crippen LogP) is 4.50. The van der Waals surface area contributed by atoms with Gasteiger partial charge in [0.25, 0.3) is 5.91 Å². The second kappa shape index (κ2) is 7.11. The molecule has 1 aromatic heterocycles. The van der Waals surface area contributed by atoms with Crippen molar-refractivity contribution >= 4 is 49.4 Å². The molecule has 3 rings (SSSR count). The predicted molar refractivity (Wildman–Crippen MR) is 102 cm³/mol. The van der Waals surface area contributed by atoms with Crippen LogP contribution in [0, 0.1) is 0 Å². The molecule has 0 aliphatic heterocycles. The van der Waals surface area contributed by atoms with Gasteiger partial charge in [0.05, 0.1) is 11.4 Å². The molecule has 7 heteroatoms. The Morgan fingerprint density at radius 1 is 1.04 bits per heavy atom. The van der Waals surface area contributed by atoms with Crippen molar-refractivity contribution in [1.29, 1.82) is 0 Å². The minimum atomic E-state index is -0.216. The van der Waals surface area contributed by atoms with Crippen molar-refractivity contribution in [2.24, 2.45) is 0 Å². The topological polar surface area (TPSA) is 80.9 Å². The molecule has 1 amide bonds. The molecule has 0 saturated heterocycles. The Morgan fingerprint density at radius 3 is 2.46 bits per heavy atom. The van der Waals surface area contributed by atoms with Gasteiger partial charge < -0.3 is 11.1 Å². The number of para-hydroxylation sites is 1. The van der Waals surface area contributed by atoms with Crippen LogP contribution < -0.4 is 11.1 Å². The number of carbonyl (C=O) groups is 1. The molecule has 0 radical (unpaired) electrons. The number of nitrogens with one attached hydrogen (secondary N) is 1. The molecule has 0 aliphatic rings. The summed E-state index contributed by atoms with van der Waals surface area (Å²) in [6.45, 7) is 0. The third-order valence-electron chi connectivity index (χ3n) is 3.25. The second-order valence-corrected chi connectivity index (χ2v) is 6.79. The smallest absolute Gasteiger partial charge is 0.255 e. The molecule has 1 heterocycles. The minimum absolute atomic E-state index is 0.185. The van der Waals surface area contributed by atoms with Crippen LogP contribution in [-0.2, 0) is 0 Å². The summed E-state index contributed by atoms with van der Waals surface area (Å²) in [6, 6.07) is 14.5. The molecule has 0 saturated carbocycles. The Labute approximate surface area is 155 Å². The molecular weight excluding hydrogens is 436 g/mol. The van der Waals surface area contributed by atoms with E-state index in [0.717, 1.165) is 14.5 Å². The monoisotopic (exact) mass is 446 g/mol.